The Balaban J connectivity index is 1.47. The van der Waals surface area contributed by atoms with Crippen LogP contribution in [0, 0.1) is 17.1 Å². The molecule has 5 rings (SSSR count). The van der Waals surface area contributed by atoms with Crippen molar-refractivity contribution in [3.63, 3.8) is 0 Å². The fourth-order valence-electron chi connectivity index (χ4n) is 4.41. The Labute approximate surface area is 230 Å². The maximum absolute atomic E-state index is 13.7. The molecule has 3 heterocycles. The van der Waals surface area contributed by atoms with Gasteiger partial charge in [-0.25, -0.2) is 4.39 Å². The summed E-state index contributed by atoms with van der Waals surface area (Å²) in [5.41, 5.74) is 2.17. The molecule has 2 N–H and O–H groups in total. The van der Waals surface area contributed by atoms with Crippen LogP contribution in [0.4, 0.5) is 21.5 Å². The van der Waals surface area contributed by atoms with Crippen LogP contribution in [0.2, 0.25) is 5.02 Å². The van der Waals surface area contributed by atoms with E-state index in [-0.39, 0.29) is 22.6 Å². The smallest absolute Gasteiger partial charge is 0.248 e. The number of aromatic nitrogens is 1. The number of hydrogen-bond donors (Lipinski definition) is 2. The molecule has 2 aromatic carbocycles. The highest BCUT2D eigenvalue weighted by Gasteiger charge is 2.21. The Bertz CT molecular complexity index is 1430. The third-order valence-corrected chi connectivity index (χ3v) is 6.74. The minimum Gasteiger partial charge on any atom is -0.486 e. The van der Waals surface area contributed by atoms with Gasteiger partial charge in [0.05, 0.1) is 53.9 Å². The van der Waals surface area contributed by atoms with E-state index in [2.05, 4.69) is 26.6 Å². The van der Waals surface area contributed by atoms with Crippen molar-refractivity contribution in [2.75, 3.05) is 56.7 Å². The molecular weight excluding hydrogens is 525 g/mol. The van der Waals surface area contributed by atoms with Gasteiger partial charge in [0.2, 0.25) is 5.91 Å². The molecule has 11 heteroatoms. The highest BCUT2D eigenvalue weighted by Crippen LogP contribution is 2.37. The zero-order chi connectivity index (χ0) is 27.2. The van der Waals surface area contributed by atoms with Crippen LogP contribution in [0.5, 0.6) is 5.75 Å². The third-order valence-electron chi connectivity index (χ3n) is 6.45. The van der Waals surface area contributed by atoms with Crippen LogP contribution >= 0.6 is 11.6 Å². The van der Waals surface area contributed by atoms with Crippen molar-refractivity contribution in [3.05, 3.63) is 65.1 Å². The van der Waals surface area contributed by atoms with Gasteiger partial charge >= 0.3 is 0 Å². The van der Waals surface area contributed by atoms with Gasteiger partial charge in [-0.1, -0.05) is 17.7 Å². The summed E-state index contributed by atoms with van der Waals surface area (Å²) in [5.74, 6) is -0.424. The van der Waals surface area contributed by atoms with Gasteiger partial charge in [0.15, 0.2) is 0 Å². The molecule has 39 heavy (non-hydrogen) atoms. The molecule has 0 bridgehead atoms. The lowest BCUT2D eigenvalue weighted by Gasteiger charge is -2.25. The molecule has 2 aliphatic heterocycles. The average Bonchev–Trinajstić information content (AvgIpc) is 3.45. The lowest BCUT2D eigenvalue weighted by molar-refractivity contribution is -0.111. The Kier molecular flexibility index (Phi) is 8.54. The van der Waals surface area contributed by atoms with Gasteiger partial charge in [-0.3, -0.25) is 14.7 Å². The van der Waals surface area contributed by atoms with Crippen molar-refractivity contribution in [1.29, 1.82) is 5.26 Å². The van der Waals surface area contributed by atoms with Gasteiger partial charge in [0, 0.05) is 55.5 Å². The standard InChI is InChI=1S/C28H27ClFN5O4/c29-22-12-19(3-4-23(22)30)33-28-18(15-31)16-32-24-14-26(39-20-5-9-38-17-20)25(13-21(24)28)34-27(36)2-1-6-35-7-10-37-11-8-35/h1-4,12-14,16,20H,5-11,17H2,(H,32,33)(H,34,36)/b2-1+. The number of pyridine rings is 1. The van der Waals surface area contributed by atoms with Crippen LogP contribution in [0.1, 0.15) is 12.0 Å². The van der Waals surface area contributed by atoms with Crippen molar-refractivity contribution < 1.29 is 23.4 Å². The third kappa shape index (κ3) is 6.64. The van der Waals surface area contributed by atoms with E-state index in [1.807, 2.05) is 6.08 Å². The zero-order valence-corrected chi connectivity index (χ0v) is 21.8. The zero-order valence-electron chi connectivity index (χ0n) is 21.1. The maximum Gasteiger partial charge on any atom is 0.248 e. The molecule has 0 aliphatic carbocycles. The molecule has 0 spiro atoms. The van der Waals surface area contributed by atoms with Gasteiger partial charge in [-0.15, -0.1) is 0 Å². The first-order chi connectivity index (χ1) is 19.0. The first-order valence-electron chi connectivity index (χ1n) is 12.6. The van der Waals surface area contributed by atoms with Gasteiger partial charge < -0.3 is 24.8 Å². The Morgan fingerprint density at radius 3 is 2.85 bits per heavy atom. The molecule has 2 saturated heterocycles. The lowest BCUT2D eigenvalue weighted by Crippen LogP contribution is -2.36. The molecule has 1 atom stereocenters. The number of fused-ring (bicyclic) bond motifs is 1. The van der Waals surface area contributed by atoms with E-state index in [4.69, 9.17) is 25.8 Å². The van der Waals surface area contributed by atoms with E-state index >= 15 is 0 Å². The summed E-state index contributed by atoms with van der Waals surface area (Å²) in [6, 6.07) is 9.78. The highest BCUT2D eigenvalue weighted by molar-refractivity contribution is 6.31. The normalized spacial score (nSPS) is 17.8. The van der Waals surface area contributed by atoms with Crippen LogP contribution in [0.3, 0.4) is 0 Å². The molecule has 202 valence electrons. The van der Waals surface area contributed by atoms with Crippen molar-refractivity contribution >= 4 is 45.5 Å². The van der Waals surface area contributed by atoms with Crippen LogP contribution < -0.4 is 15.4 Å². The first-order valence-corrected chi connectivity index (χ1v) is 13.0. The Hall–Kier alpha value is -3.75. The number of carbonyl (C=O) groups is 1. The number of hydrogen-bond acceptors (Lipinski definition) is 8. The fraction of sp³-hybridized carbons (Fsp3) is 0.321. The quantitative estimate of drug-likeness (QED) is 0.390. The summed E-state index contributed by atoms with van der Waals surface area (Å²) in [6.07, 6.45) is 5.32. The molecule has 0 saturated carbocycles. The Morgan fingerprint density at radius 2 is 2.10 bits per heavy atom. The van der Waals surface area contributed by atoms with Crippen LogP contribution in [0.15, 0.2) is 48.7 Å². The summed E-state index contributed by atoms with van der Waals surface area (Å²) in [6.45, 7) is 4.69. The average molecular weight is 552 g/mol. The van der Waals surface area contributed by atoms with E-state index < -0.39 is 5.82 Å². The number of amides is 1. The van der Waals surface area contributed by atoms with E-state index in [0.29, 0.717) is 66.7 Å². The number of ether oxygens (including phenoxy) is 3. The number of carbonyl (C=O) groups excluding carboxylic acids is 1. The predicted octanol–water partition coefficient (Wildman–Crippen LogP) is 4.64. The predicted molar refractivity (Wildman–Crippen MR) is 146 cm³/mol. The van der Waals surface area contributed by atoms with E-state index in [1.54, 1.807) is 12.1 Å². The number of nitriles is 1. The second-order valence-electron chi connectivity index (χ2n) is 9.19. The van der Waals surface area contributed by atoms with Crippen molar-refractivity contribution in [3.8, 4) is 11.8 Å². The molecule has 9 nitrogen and oxygen atoms in total. The maximum atomic E-state index is 13.7. The number of halogens is 2. The molecule has 1 unspecified atom stereocenters. The minimum absolute atomic E-state index is 0.0526. The summed E-state index contributed by atoms with van der Waals surface area (Å²) < 4.78 is 30.7. The van der Waals surface area contributed by atoms with Gasteiger partial charge in [0.25, 0.3) is 0 Å². The molecule has 1 amide bonds. The number of nitrogens with zero attached hydrogens (tertiary/aromatic N) is 3. The van der Waals surface area contributed by atoms with Gasteiger partial charge in [-0.2, -0.15) is 5.26 Å². The molecule has 0 radical (unpaired) electrons. The van der Waals surface area contributed by atoms with E-state index in [1.165, 1.54) is 30.5 Å². The van der Waals surface area contributed by atoms with E-state index in [0.717, 1.165) is 19.5 Å². The second kappa shape index (κ2) is 12.4. The molecular formula is C28H27ClFN5O4. The van der Waals surface area contributed by atoms with Gasteiger partial charge in [-0.05, 0) is 24.3 Å². The molecule has 1 aromatic heterocycles. The van der Waals surface area contributed by atoms with Crippen molar-refractivity contribution in [1.82, 2.24) is 9.88 Å². The number of nitrogens with one attached hydrogen (secondary N) is 2. The first kappa shape index (κ1) is 26.8. The van der Waals surface area contributed by atoms with Crippen LogP contribution in [-0.2, 0) is 14.3 Å². The topological polar surface area (TPSA) is 109 Å². The van der Waals surface area contributed by atoms with Crippen LogP contribution in [0.25, 0.3) is 10.9 Å². The molecule has 2 fully saturated rings. The monoisotopic (exact) mass is 551 g/mol. The number of anilines is 3. The molecule has 2 aliphatic rings. The summed E-state index contributed by atoms with van der Waals surface area (Å²) in [4.78, 5) is 19.5. The SMILES string of the molecule is N#Cc1cnc2cc(OC3CCOC3)c(NC(=O)/C=C/CN3CCOCC3)cc2c1Nc1ccc(F)c(Cl)c1. The molecule has 3 aromatic rings. The largest absolute Gasteiger partial charge is 0.486 e. The van der Waals surface area contributed by atoms with Crippen molar-refractivity contribution in [2.45, 2.75) is 12.5 Å². The number of benzene rings is 2. The fourth-order valence-corrected chi connectivity index (χ4v) is 4.59. The van der Waals surface area contributed by atoms with Crippen LogP contribution in [-0.4, -0.2) is 68.0 Å². The number of morpholine rings is 1. The summed E-state index contributed by atoms with van der Waals surface area (Å²) in [5, 5.41) is 16.4. The highest BCUT2D eigenvalue weighted by atomic mass is 35.5. The summed E-state index contributed by atoms with van der Waals surface area (Å²) >= 11 is 5.97. The minimum atomic E-state index is -0.549. The second-order valence-corrected chi connectivity index (χ2v) is 9.59. The number of rotatable bonds is 8. The van der Waals surface area contributed by atoms with Gasteiger partial charge in [0.1, 0.15) is 23.7 Å². The Morgan fingerprint density at radius 1 is 1.26 bits per heavy atom. The van der Waals surface area contributed by atoms with Crippen molar-refractivity contribution in [2.24, 2.45) is 0 Å². The summed E-state index contributed by atoms with van der Waals surface area (Å²) in [7, 11) is 0. The lowest BCUT2D eigenvalue weighted by atomic mass is 10.1. The van der Waals surface area contributed by atoms with E-state index in [9.17, 15) is 14.4 Å².